The highest BCUT2D eigenvalue weighted by atomic mass is 16.6. The summed E-state index contributed by atoms with van der Waals surface area (Å²) in [6.45, 7) is 12.2. The van der Waals surface area contributed by atoms with Gasteiger partial charge >= 0.3 is 6.09 Å². The molecule has 5 heteroatoms. The van der Waals surface area contributed by atoms with Crippen LogP contribution in [0.3, 0.4) is 0 Å². The molecule has 2 rings (SSSR count). The smallest absolute Gasteiger partial charge is 0.407 e. The highest BCUT2D eigenvalue weighted by Gasteiger charge is 2.62. The number of carbonyl (C=O) groups is 1. The van der Waals surface area contributed by atoms with Gasteiger partial charge in [-0.3, -0.25) is 0 Å². The Labute approximate surface area is 127 Å². The van der Waals surface area contributed by atoms with Gasteiger partial charge in [-0.25, -0.2) is 4.79 Å². The number of rotatable bonds is 4. The summed E-state index contributed by atoms with van der Waals surface area (Å²) in [6.07, 6.45) is 0.853. The lowest BCUT2D eigenvalue weighted by Gasteiger charge is -2.23. The van der Waals surface area contributed by atoms with E-state index in [4.69, 9.17) is 15.2 Å². The summed E-state index contributed by atoms with van der Waals surface area (Å²) in [5.41, 5.74) is 5.66. The summed E-state index contributed by atoms with van der Waals surface area (Å²) < 4.78 is 11.2. The Balaban J connectivity index is 1.85. The molecule has 0 radical (unpaired) electrons. The average Bonchev–Trinajstić information content (AvgIpc) is 2.70. The van der Waals surface area contributed by atoms with Gasteiger partial charge in [0.1, 0.15) is 5.60 Å². The summed E-state index contributed by atoms with van der Waals surface area (Å²) in [7, 11) is 0. The molecule has 122 valence electrons. The molecule has 2 aliphatic rings. The first-order chi connectivity index (χ1) is 9.66. The predicted molar refractivity (Wildman–Crippen MR) is 81.9 cm³/mol. The first-order valence-electron chi connectivity index (χ1n) is 7.95. The number of amides is 1. The molecule has 0 aromatic rings. The lowest BCUT2D eigenvalue weighted by molar-refractivity contribution is 0.0455. The summed E-state index contributed by atoms with van der Waals surface area (Å²) in [5.74, 6) is 1.40. The van der Waals surface area contributed by atoms with Gasteiger partial charge in [0, 0.05) is 19.1 Å². The molecule has 0 aromatic carbocycles. The van der Waals surface area contributed by atoms with Crippen molar-refractivity contribution in [2.75, 3.05) is 19.7 Å². The molecule has 1 saturated carbocycles. The first kappa shape index (κ1) is 16.6. The van der Waals surface area contributed by atoms with Crippen molar-refractivity contribution >= 4 is 6.09 Å². The molecule has 1 unspecified atom stereocenters. The molecule has 1 saturated heterocycles. The fourth-order valence-electron chi connectivity index (χ4n) is 3.69. The van der Waals surface area contributed by atoms with E-state index < -0.39 is 5.60 Å². The number of nitrogens with two attached hydrogens (primary N) is 1. The molecule has 0 aromatic heterocycles. The van der Waals surface area contributed by atoms with Crippen LogP contribution in [-0.4, -0.2) is 37.5 Å². The van der Waals surface area contributed by atoms with Gasteiger partial charge in [0.05, 0.1) is 6.10 Å². The zero-order valence-corrected chi connectivity index (χ0v) is 13.9. The third-order valence-electron chi connectivity index (χ3n) is 4.92. The highest BCUT2D eigenvalue weighted by molar-refractivity contribution is 5.67. The van der Waals surface area contributed by atoms with E-state index in [1.165, 1.54) is 0 Å². The van der Waals surface area contributed by atoms with Gasteiger partial charge < -0.3 is 20.5 Å². The van der Waals surface area contributed by atoms with Crippen LogP contribution in [-0.2, 0) is 9.47 Å². The zero-order chi connectivity index (χ0) is 15.8. The van der Waals surface area contributed by atoms with E-state index in [0.29, 0.717) is 30.8 Å². The second-order valence-corrected chi connectivity index (χ2v) is 7.96. The number of ether oxygens (including phenoxy) is 2. The minimum atomic E-state index is -0.460. The maximum absolute atomic E-state index is 11.8. The average molecular weight is 298 g/mol. The molecule has 1 aliphatic carbocycles. The van der Waals surface area contributed by atoms with Gasteiger partial charge in [-0.15, -0.1) is 0 Å². The number of nitrogens with one attached hydrogen (secondary N) is 1. The fraction of sp³-hybridized carbons (Fsp3) is 0.938. The predicted octanol–water partition coefficient (Wildman–Crippen LogP) is 2.15. The maximum atomic E-state index is 11.8. The van der Waals surface area contributed by atoms with Crippen molar-refractivity contribution in [1.82, 2.24) is 5.32 Å². The van der Waals surface area contributed by atoms with Crippen molar-refractivity contribution in [3.05, 3.63) is 0 Å². The van der Waals surface area contributed by atoms with E-state index in [1.54, 1.807) is 0 Å². The summed E-state index contributed by atoms with van der Waals surface area (Å²) in [4.78, 5) is 11.8. The van der Waals surface area contributed by atoms with E-state index >= 15 is 0 Å². The fourth-order valence-corrected chi connectivity index (χ4v) is 3.69. The molecule has 5 nitrogen and oxygen atoms in total. The second-order valence-electron chi connectivity index (χ2n) is 7.96. The lowest BCUT2D eigenvalue weighted by atomic mass is 9.94. The van der Waals surface area contributed by atoms with E-state index in [1.807, 2.05) is 20.8 Å². The molecular formula is C16H30N2O3. The van der Waals surface area contributed by atoms with E-state index in [-0.39, 0.29) is 17.6 Å². The van der Waals surface area contributed by atoms with Crippen LogP contribution >= 0.6 is 0 Å². The molecule has 1 aliphatic heterocycles. The van der Waals surface area contributed by atoms with Crippen LogP contribution in [0.4, 0.5) is 4.79 Å². The second kappa shape index (κ2) is 5.76. The third kappa shape index (κ3) is 3.69. The van der Waals surface area contributed by atoms with Crippen molar-refractivity contribution in [3.63, 3.8) is 0 Å². The molecule has 0 spiro atoms. The standard InChI is InChI=1S/C16H30N2O3/c1-15(2,3)21-14(19)18-9-10-6-7-20-13(10)12-11(8-17)16(12,4)5/h10-13H,6-9,17H2,1-5H3,(H,18,19)/t10-,11-,12+,13?/m0/s1. The minimum absolute atomic E-state index is 0.212. The van der Waals surface area contributed by atoms with Gasteiger partial charge in [0.25, 0.3) is 0 Å². The molecular weight excluding hydrogens is 268 g/mol. The van der Waals surface area contributed by atoms with Crippen molar-refractivity contribution in [2.45, 2.75) is 52.7 Å². The van der Waals surface area contributed by atoms with Crippen LogP contribution in [0.1, 0.15) is 41.0 Å². The topological polar surface area (TPSA) is 73.6 Å². The number of hydrogen-bond donors (Lipinski definition) is 2. The van der Waals surface area contributed by atoms with Crippen molar-refractivity contribution < 1.29 is 14.3 Å². The highest BCUT2D eigenvalue weighted by Crippen LogP contribution is 2.61. The van der Waals surface area contributed by atoms with Crippen LogP contribution in [0, 0.1) is 23.2 Å². The largest absolute Gasteiger partial charge is 0.444 e. The molecule has 2 fully saturated rings. The molecule has 1 amide bonds. The van der Waals surface area contributed by atoms with Gasteiger partial charge in [-0.2, -0.15) is 0 Å². The Bertz CT molecular complexity index is 389. The Morgan fingerprint density at radius 2 is 2.10 bits per heavy atom. The quantitative estimate of drug-likeness (QED) is 0.834. The Hall–Kier alpha value is -0.810. The van der Waals surface area contributed by atoms with Crippen LogP contribution in [0.15, 0.2) is 0 Å². The Morgan fingerprint density at radius 3 is 2.62 bits per heavy atom. The lowest BCUT2D eigenvalue weighted by Crippen LogP contribution is -2.38. The molecule has 1 heterocycles. The molecule has 4 atom stereocenters. The third-order valence-corrected chi connectivity index (χ3v) is 4.92. The van der Waals surface area contributed by atoms with E-state index in [2.05, 4.69) is 19.2 Å². The van der Waals surface area contributed by atoms with Crippen molar-refractivity contribution in [1.29, 1.82) is 0 Å². The van der Waals surface area contributed by atoms with Crippen molar-refractivity contribution in [2.24, 2.45) is 28.9 Å². The Kier molecular flexibility index (Phi) is 4.54. The minimum Gasteiger partial charge on any atom is -0.444 e. The SMILES string of the molecule is CC(C)(C)OC(=O)NC[C@@H]1CCOC1[C@H]1[C@H](CN)C1(C)C. The van der Waals surface area contributed by atoms with Crippen LogP contribution in [0.5, 0.6) is 0 Å². The van der Waals surface area contributed by atoms with Gasteiger partial charge in [0.15, 0.2) is 0 Å². The van der Waals surface area contributed by atoms with Crippen LogP contribution in [0.2, 0.25) is 0 Å². The van der Waals surface area contributed by atoms with E-state index in [9.17, 15) is 4.79 Å². The summed E-state index contributed by atoms with van der Waals surface area (Å²) >= 11 is 0. The Morgan fingerprint density at radius 1 is 1.43 bits per heavy atom. The molecule has 21 heavy (non-hydrogen) atoms. The maximum Gasteiger partial charge on any atom is 0.407 e. The van der Waals surface area contributed by atoms with Crippen LogP contribution in [0.25, 0.3) is 0 Å². The number of alkyl carbamates (subject to hydrolysis) is 1. The first-order valence-corrected chi connectivity index (χ1v) is 7.95. The summed E-state index contributed by atoms with van der Waals surface area (Å²) in [5, 5.41) is 2.88. The number of carbonyl (C=O) groups excluding carboxylic acids is 1. The van der Waals surface area contributed by atoms with Crippen LogP contribution < -0.4 is 11.1 Å². The van der Waals surface area contributed by atoms with Gasteiger partial charge in [-0.05, 0) is 51.0 Å². The normalized spacial score (nSPS) is 34.6. The van der Waals surface area contributed by atoms with E-state index in [0.717, 1.165) is 13.0 Å². The van der Waals surface area contributed by atoms with Gasteiger partial charge in [0.2, 0.25) is 0 Å². The summed E-state index contributed by atoms with van der Waals surface area (Å²) in [6, 6.07) is 0. The monoisotopic (exact) mass is 298 g/mol. The van der Waals surface area contributed by atoms with Crippen molar-refractivity contribution in [3.8, 4) is 0 Å². The zero-order valence-electron chi connectivity index (χ0n) is 13.9. The number of hydrogen-bond acceptors (Lipinski definition) is 4. The molecule has 3 N–H and O–H groups in total. The van der Waals surface area contributed by atoms with Gasteiger partial charge in [-0.1, -0.05) is 13.8 Å². The molecule has 0 bridgehead atoms.